The molecule has 2 atom stereocenters. The van der Waals surface area contributed by atoms with Crippen LogP contribution in [-0.4, -0.2) is 34.0 Å². The number of unbranched alkanes of at least 4 members (excludes halogenated alkanes) is 4. The van der Waals surface area contributed by atoms with Crippen LogP contribution in [0.3, 0.4) is 0 Å². The van der Waals surface area contributed by atoms with Crippen LogP contribution in [0.15, 0.2) is 23.0 Å². The van der Waals surface area contributed by atoms with E-state index in [1.54, 1.807) is 6.92 Å². The lowest BCUT2D eigenvalue weighted by molar-refractivity contribution is -0.135. The molecule has 2 heterocycles. The van der Waals surface area contributed by atoms with E-state index >= 15 is 0 Å². The van der Waals surface area contributed by atoms with Gasteiger partial charge in [-0.2, -0.15) is 0 Å². The number of nitrogens with zero attached hydrogens (tertiary/aromatic N) is 2. The van der Waals surface area contributed by atoms with Crippen molar-refractivity contribution in [2.45, 2.75) is 109 Å². The molecule has 7 heteroatoms. The molecule has 0 radical (unpaired) electrons. The maximum Gasteiger partial charge on any atom is 0.263 e. The number of fused-ring (bicyclic) bond motifs is 1. The van der Waals surface area contributed by atoms with Crippen LogP contribution in [0, 0.1) is 41.9 Å². The maximum atomic E-state index is 13.5. The summed E-state index contributed by atoms with van der Waals surface area (Å²) in [7, 11) is 0. The Hall–Kier alpha value is -2.98. The molecule has 4 saturated carbocycles. The molecule has 4 bridgehead atoms. The number of rotatable bonds is 9. The smallest absolute Gasteiger partial charge is 0.263 e. The van der Waals surface area contributed by atoms with Gasteiger partial charge in [-0.15, -0.1) is 0 Å². The van der Waals surface area contributed by atoms with E-state index in [1.807, 2.05) is 18.2 Å². The third-order valence-electron chi connectivity index (χ3n) is 10.5. The van der Waals surface area contributed by atoms with Gasteiger partial charge in [0.1, 0.15) is 11.9 Å². The van der Waals surface area contributed by atoms with Crippen LogP contribution in [0.2, 0.25) is 0 Å². The van der Waals surface area contributed by atoms with Gasteiger partial charge in [0.15, 0.2) is 0 Å². The van der Waals surface area contributed by atoms with Crippen LogP contribution in [0.25, 0.3) is 10.9 Å². The first-order valence-corrected chi connectivity index (χ1v) is 15.9. The monoisotopic (exact) mass is 556 g/mol. The number of nitrogens with one attached hydrogen (secondary N) is 2. The Bertz CT molecular complexity index is 1410. The van der Waals surface area contributed by atoms with E-state index in [4.69, 9.17) is 0 Å². The molecule has 1 aromatic carbocycles. The molecule has 7 rings (SSSR count). The van der Waals surface area contributed by atoms with Crippen LogP contribution in [-0.2, 0) is 9.59 Å². The largest absolute Gasteiger partial charge is 0.314 e. The molecule has 1 unspecified atom stereocenters. The summed E-state index contributed by atoms with van der Waals surface area (Å²) in [5, 5.41) is 6.70. The van der Waals surface area contributed by atoms with Crippen LogP contribution >= 0.6 is 0 Å². The standard InChI is InChI=1S/C34H44N4O3/c1-22(34-19-24-16-25(20-34)18-26(17-24)21-34)35-15-8-6-4-3-5-7-10-27-11-9-12-28-31(27)33(41)38(23(2)36-28)29-13-14-30(39)37-32(29)40/h9,11-12,22,24-26,29,35H,3-6,8,13-21H2,1-2H3,(H,37,39,40)/t22?,24?,25?,26?,29-,34?/m0/s1. The van der Waals surface area contributed by atoms with Crippen molar-refractivity contribution in [2.24, 2.45) is 23.2 Å². The van der Waals surface area contributed by atoms with Crippen molar-refractivity contribution in [3.8, 4) is 11.8 Å². The van der Waals surface area contributed by atoms with Gasteiger partial charge in [0.25, 0.3) is 5.56 Å². The Morgan fingerprint density at radius 3 is 2.46 bits per heavy atom. The SMILES string of the molecule is Cc1nc2cccc(C#CCCCCCCNC(C)C34CC5CC(CC(C5)C3)C4)c2c(=O)n1[C@H]1CCC(=O)NC1=O. The van der Waals surface area contributed by atoms with Crippen molar-refractivity contribution >= 4 is 22.7 Å². The van der Waals surface area contributed by atoms with E-state index in [-0.39, 0.29) is 17.9 Å². The average Bonchev–Trinajstić information content (AvgIpc) is 2.92. The quantitative estimate of drug-likeness (QED) is 0.252. The molecule has 5 aliphatic rings. The van der Waals surface area contributed by atoms with E-state index in [0.717, 1.165) is 43.6 Å². The molecule has 41 heavy (non-hydrogen) atoms. The fourth-order valence-corrected chi connectivity index (χ4v) is 8.85. The zero-order valence-corrected chi connectivity index (χ0v) is 24.6. The fraction of sp³-hybridized carbons (Fsp3) is 0.647. The van der Waals surface area contributed by atoms with E-state index in [2.05, 4.69) is 34.4 Å². The summed E-state index contributed by atoms with van der Waals surface area (Å²) in [6.07, 6.45) is 14.8. The number of aromatic nitrogens is 2. The Morgan fingerprint density at radius 1 is 1.05 bits per heavy atom. The minimum Gasteiger partial charge on any atom is -0.314 e. The second kappa shape index (κ2) is 11.7. The molecule has 2 N–H and O–H groups in total. The highest BCUT2D eigenvalue weighted by Gasteiger charge is 2.52. The first-order chi connectivity index (χ1) is 19.8. The molecular formula is C34H44N4O3. The first-order valence-electron chi connectivity index (χ1n) is 15.9. The number of carbonyl (C=O) groups is 2. The van der Waals surface area contributed by atoms with E-state index in [9.17, 15) is 14.4 Å². The van der Waals surface area contributed by atoms with E-state index in [0.29, 0.717) is 40.2 Å². The van der Waals surface area contributed by atoms with Crippen molar-refractivity contribution < 1.29 is 9.59 Å². The van der Waals surface area contributed by atoms with Crippen LogP contribution in [0.1, 0.15) is 108 Å². The van der Waals surface area contributed by atoms with Crippen molar-refractivity contribution in [3.63, 3.8) is 0 Å². The lowest BCUT2D eigenvalue weighted by atomic mass is 9.48. The average molecular weight is 557 g/mol. The molecule has 1 aliphatic heterocycles. The lowest BCUT2D eigenvalue weighted by Gasteiger charge is -2.59. The summed E-state index contributed by atoms with van der Waals surface area (Å²) in [6.45, 7) is 5.28. The molecule has 5 fully saturated rings. The highest BCUT2D eigenvalue weighted by atomic mass is 16.2. The molecule has 2 aromatic rings. The topological polar surface area (TPSA) is 93.1 Å². The maximum absolute atomic E-state index is 13.5. The summed E-state index contributed by atoms with van der Waals surface area (Å²) in [5.74, 6) is 9.20. The highest BCUT2D eigenvalue weighted by Crippen LogP contribution is 2.61. The Labute approximate surface area is 243 Å². The third kappa shape index (κ3) is 5.73. The predicted molar refractivity (Wildman–Crippen MR) is 160 cm³/mol. The summed E-state index contributed by atoms with van der Waals surface area (Å²) in [4.78, 5) is 42.2. The number of hydrogen-bond acceptors (Lipinski definition) is 5. The van der Waals surface area contributed by atoms with Gasteiger partial charge >= 0.3 is 0 Å². The lowest BCUT2D eigenvalue weighted by Crippen LogP contribution is -2.54. The van der Waals surface area contributed by atoms with Crippen LogP contribution in [0.4, 0.5) is 0 Å². The normalized spacial score (nSPS) is 29.3. The number of aryl methyl sites for hydroxylation is 1. The number of amides is 2. The summed E-state index contributed by atoms with van der Waals surface area (Å²) < 4.78 is 1.42. The van der Waals surface area contributed by atoms with E-state index in [1.165, 1.54) is 55.9 Å². The Morgan fingerprint density at radius 2 is 1.76 bits per heavy atom. The second-order valence-corrected chi connectivity index (χ2v) is 13.4. The van der Waals surface area contributed by atoms with Crippen molar-refractivity contribution in [1.29, 1.82) is 0 Å². The molecule has 1 aromatic heterocycles. The van der Waals surface area contributed by atoms with Gasteiger partial charge in [-0.05, 0) is 113 Å². The highest BCUT2D eigenvalue weighted by molar-refractivity contribution is 5.99. The fourth-order valence-electron chi connectivity index (χ4n) is 8.85. The van der Waals surface area contributed by atoms with Gasteiger partial charge < -0.3 is 5.32 Å². The van der Waals surface area contributed by atoms with Gasteiger partial charge in [-0.1, -0.05) is 30.7 Å². The van der Waals surface area contributed by atoms with Gasteiger partial charge in [-0.3, -0.25) is 24.3 Å². The molecule has 1 saturated heterocycles. The Balaban J connectivity index is 0.995. The Kier molecular flexibility index (Phi) is 8.05. The van der Waals surface area contributed by atoms with Crippen LogP contribution < -0.4 is 16.2 Å². The summed E-state index contributed by atoms with van der Waals surface area (Å²) >= 11 is 0. The van der Waals surface area contributed by atoms with Crippen molar-refractivity contribution in [1.82, 2.24) is 20.2 Å². The predicted octanol–water partition coefficient (Wildman–Crippen LogP) is 5.18. The number of carbonyl (C=O) groups excluding carboxylic acids is 2. The zero-order chi connectivity index (χ0) is 28.6. The minimum absolute atomic E-state index is 0.207. The minimum atomic E-state index is -0.733. The molecular weight excluding hydrogens is 512 g/mol. The van der Waals surface area contributed by atoms with Gasteiger partial charge in [0, 0.05) is 24.4 Å². The molecule has 2 amide bonds. The van der Waals surface area contributed by atoms with E-state index < -0.39 is 11.9 Å². The second-order valence-electron chi connectivity index (χ2n) is 13.4. The summed E-state index contributed by atoms with van der Waals surface area (Å²) in [6, 6.07) is 5.43. The van der Waals surface area contributed by atoms with Crippen LogP contribution in [0.5, 0.6) is 0 Å². The van der Waals surface area contributed by atoms with Gasteiger partial charge in [0.2, 0.25) is 11.8 Å². The molecule has 4 aliphatic carbocycles. The van der Waals surface area contributed by atoms with Crippen molar-refractivity contribution in [3.05, 3.63) is 39.9 Å². The zero-order valence-electron chi connectivity index (χ0n) is 24.6. The van der Waals surface area contributed by atoms with Gasteiger partial charge in [0.05, 0.1) is 10.9 Å². The van der Waals surface area contributed by atoms with Gasteiger partial charge in [-0.25, -0.2) is 4.98 Å². The number of hydrogen-bond donors (Lipinski definition) is 2. The number of piperidine rings is 1. The first kappa shape index (κ1) is 28.2. The number of imide groups is 1. The summed E-state index contributed by atoms with van der Waals surface area (Å²) in [5.41, 5.74) is 1.52. The third-order valence-corrected chi connectivity index (χ3v) is 10.5. The molecule has 7 nitrogen and oxygen atoms in total. The molecule has 0 spiro atoms. The number of benzene rings is 1. The van der Waals surface area contributed by atoms with Crippen molar-refractivity contribution in [2.75, 3.05) is 6.54 Å². The molecule has 218 valence electrons.